The number of esters is 1. The minimum Gasteiger partial charge on any atom is -0.493 e. The molecule has 26 heavy (non-hydrogen) atoms. The van der Waals surface area contributed by atoms with Crippen molar-refractivity contribution in [3.63, 3.8) is 0 Å². The van der Waals surface area contributed by atoms with Crippen LogP contribution in [0, 0.1) is 9.41 Å². The van der Waals surface area contributed by atoms with E-state index in [1.807, 2.05) is 48.5 Å². The molecule has 0 fully saturated rings. The second-order valence-electron chi connectivity index (χ2n) is 5.35. The Bertz CT molecular complexity index is 1060. The van der Waals surface area contributed by atoms with Crippen LogP contribution in [0.2, 0.25) is 0 Å². The number of para-hydroxylation sites is 2. The van der Waals surface area contributed by atoms with Crippen molar-refractivity contribution in [3.8, 4) is 17.3 Å². The van der Waals surface area contributed by atoms with Crippen molar-refractivity contribution >= 4 is 30.4 Å². The second kappa shape index (κ2) is 7.63. The molecule has 1 heterocycles. The number of aromatic nitrogens is 2. The first-order chi connectivity index (χ1) is 12.6. The summed E-state index contributed by atoms with van der Waals surface area (Å²) in [6.45, 7) is 1.86. The third-order valence-corrected chi connectivity index (χ3v) is 4.50. The molecule has 0 saturated heterocycles. The zero-order valence-corrected chi connectivity index (χ0v) is 15.6. The molecule has 0 atom stereocenters. The van der Waals surface area contributed by atoms with Crippen molar-refractivity contribution in [2.75, 3.05) is 6.61 Å². The predicted molar refractivity (Wildman–Crippen MR) is 104 cm³/mol. The third-order valence-electron chi connectivity index (χ3n) is 3.74. The average Bonchev–Trinajstić information content (AvgIpc) is 2.63. The van der Waals surface area contributed by atoms with Gasteiger partial charge < -0.3 is 9.84 Å². The van der Waals surface area contributed by atoms with Gasteiger partial charge >= 0.3 is 5.97 Å². The smallest absolute Gasteiger partial charge is 0.346 e. The summed E-state index contributed by atoms with van der Waals surface area (Å²) in [5, 5.41) is 10.8. The highest BCUT2D eigenvalue weighted by Gasteiger charge is 2.23. The maximum Gasteiger partial charge on any atom is 0.346 e. The quantitative estimate of drug-likeness (QED) is 0.526. The van der Waals surface area contributed by atoms with Gasteiger partial charge in [0.25, 0.3) is 0 Å². The molecule has 0 radical (unpaired) electrons. The molecule has 5 nitrogen and oxygen atoms in total. The number of hydrogen-bond acceptors (Lipinski definition) is 5. The highest BCUT2D eigenvalue weighted by atomic mass is 32.1. The van der Waals surface area contributed by atoms with Crippen LogP contribution < -0.4 is 0 Å². The van der Waals surface area contributed by atoms with Crippen LogP contribution in [0.15, 0.2) is 60.7 Å². The number of carbonyl (C=O) groups excluding carboxylic acids is 1. The Morgan fingerprint density at radius 3 is 1.96 bits per heavy atom. The summed E-state index contributed by atoms with van der Waals surface area (Å²) in [5.74, 6) is -1.03. The molecule has 3 aromatic rings. The lowest BCUT2D eigenvalue weighted by Crippen LogP contribution is -2.16. The first kappa shape index (κ1) is 18.0. The lowest BCUT2D eigenvalue weighted by atomic mass is 10.2. The van der Waals surface area contributed by atoms with Gasteiger partial charge in [-0.25, -0.2) is 4.79 Å². The summed E-state index contributed by atoms with van der Waals surface area (Å²) >= 11 is 11.1. The number of hydrogen-bond donors (Lipinski definition) is 1. The monoisotopic (exact) mass is 384 g/mol. The molecule has 132 valence electrons. The molecule has 1 N–H and O–H groups in total. The first-order valence-electron chi connectivity index (χ1n) is 7.95. The van der Waals surface area contributed by atoms with Crippen LogP contribution in [0.5, 0.6) is 5.88 Å². The average molecular weight is 384 g/mol. The van der Waals surface area contributed by atoms with Gasteiger partial charge in [0.05, 0.1) is 12.3 Å². The van der Waals surface area contributed by atoms with Crippen molar-refractivity contribution < 1.29 is 14.6 Å². The number of ether oxygens (including phenoxy) is 1. The fourth-order valence-electron chi connectivity index (χ4n) is 2.59. The van der Waals surface area contributed by atoms with E-state index in [1.165, 1.54) is 4.57 Å². The second-order valence-corrected chi connectivity index (χ2v) is 6.10. The Morgan fingerprint density at radius 1 is 0.962 bits per heavy atom. The molecule has 0 aliphatic heterocycles. The Kier molecular flexibility index (Phi) is 5.29. The third kappa shape index (κ3) is 3.18. The number of rotatable bonds is 4. The summed E-state index contributed by atoms with van der Waals surface area (Å²) in [4.78, 5) is 12.5. The largest absolute Gasteiger partial charge is 0.493 e. The van der Waals surface area contributed by atoms with Gasteiger partial charge in [-0.05, 0) is 43.4 Å². The van der Waals surface area contributed by atoms with Gasteiger partial charge in [-0.15, -0.1) is 0 Å². The number of carbonyl (C=O) groups is 1. The molecule has 2 aromatic carbocycles. The van der Waals surface area contributed by atoms with Gasteiger partial charge in [0.1, 0.15) is 4.64 Å². The Morgan fingerprint density at radius 2 is 1.46 bits per heavy atom. The number of benzene rings is 2. The Labute approximate surface area is 160 Å². The molecule has 0 amide bonds. The highest BCUT2D eigenvalue weighted by Crippen LogP contribution is 2.27. The summed E-state index contributed by atoms with van der Waals surface area (Å²) in [5.41, 5.74) is 1.21. The van der Waals surface area contributed by atoms with Gasteiger partial charge in [0, 0.05) is 5.69 Å². The molecular formula is C19H16N2O3S2. The molecular weight excluding hydrogens is 368 g/mol. The van der Waals surface area contributed by atoms with Gasteiger partial charge in [-0.1, -0.05) is 48.6 Å². The van der Waals surface area contributed by atoms with Gasteiger partial charge in [-0.3, -0.25) is 9.13 Å². The summed E-state index contributed by atoms with van der Waals surface area (Å²) in [6, 6.07) is 18.2. The number of aromatic hydroxyl groups is 1. The highest BCUT2D eigenvalue weighted by molar-refractivity contribution is 7.72. The van der Waals surface area contributed by atoms with E-state index in [9.17, 15) is 9.90 Å². The molecule has 0 aliphatic carbocycles. The van der Waals surface area contributed by atoms with E-state index in [-0.39, 0.29) is 27.5 Å². The normalized spacial score (nSPS) is 10.5. The van der Waals surface area contributed by atoms with E-state index < -0.39 is 5.97 Å². The van der Waals surface area contributed by atoms with Gasteiger partial charge in [0.2, 0.25) is 5.88 Å². The predicted octanol–water partition coefficient (Wildman–Crippen LogP) is 4.61. The van der Waals surface area contributed by atoms with E-state index in [1.54, 1.807) is 23.6 Å². The first-order valence-corrected chi connectivity index (χ1v) is 8.77. The van der Waals surface area contributed by atoms with E-state index in [4.69, 9.17) is 29.2 Å². The van der Waals surface area contributed by atoms with Crippen molar-refractivity contribution in [2.45, 2.75) is 6.92 Å². The van der Waals surface area contributed by atoms with E-state index >= 15 is 0 Å². The zero-order valence-electron chi connectivity index (χ0n) is 14.0. The standard InChI is InChI=1S/C19H16N2O3S2/c1-2-24-18(23)15-16(22)20(13-9-5-3-6-10-13)19(26)21(17(15)25)14-11-7-4-8-12-14/h3-12,22H,2H2,1H3. The fourth-order valence-corrected chi connectivity index (χ4v) is 3.41. The van der Waals surface area contributed by atoms with Crippen molar-refractivity contribution in [2.24, 2.45) is 0 Å². The Balaban J connectivity index is 2.43. The molecule has 1 aromatic heterocycles. The lowest BCUT2D eigenvalue weighted by molar-refractivity contribution is 0.0519. The molecule has 0 saturated carbocycles. The molecule has 7 heteroatoms. The summed E-state index contributed by atoms with van der Waals surface area (Å²) in [7, 11) is 0. The van der Waals surface area contributed by atoms with Crippen molar-refractivity contribution in [3.05, 3.63) is 75.6 Å². The lowest BCUT2D eigenvalue weighted by Gasteiger charge is -2.18. The van der Waals surface area contributed by atoms with Crippen LogP contribution >= 0.6 is 24.4 Å². The van der Waals surface area contributed by atoms with Crippen molar-refractivity contribution in [1.82, 2.24) is 9.13 Å². The SMILES string of the molecule is CCOC(=O)c1c(O)n(-c2ccccc2)c(=S)n(-c2ccccc2)c1=S. The van der Waals surface area contributed by atoms with E-state index in [0.29, 0.717) is 11.4 Å². The summed E-state index contributed by atoms with van der Waals surface area (Å²) in [6.07, 6.45) is 0. The Hall–Kier alpha value is -2.77. The van der Waals surface area contributed by atoms with Crippen molar-refractivity contribution in [1.29, 1.82) is 0 Å². The molecule has 0 bridgehead atoms. The minimum atomic E-state index is -0.695. The molecule has 3 rings (SSSR count). The molecule has 0 unspecified atom stereocenters. The maximum atomic E-state index is 12.5. The van der Waals surface area contributed by atoms with Crippen LogP contribution in [-0.4, -0.2) is 26.8 Å². The van der Waals surface area contributed by atoms with Crippen LogP contribution in [0.3, 0.4) is 0 Å². The zero-order chi connectivity index (χ0) is 18.7. The summed E-state index contributed by atoms with van der Waals surface area (Å²) < 4.78 is 8.41. The van der Waals surface area contributed by atoms with E-state index in [2.05, 4.69) is 0 Å². The van der Waals surface area contributed by atoms with Crippen LogP contribution in [-0.2, 0) is 4.74 Å². The van der Waals surface area contributed by atoms with E-state index in [0.717, 1.165) is 0 Å². The molecule has 0 spiro atoms. The van der Waals surface area contributed by atoms with Gasteiger partial charge in [-0.2, -0.15) is 0 Å². The van der Waals surface area contributed by atoms with Gasteiger partial charge in [0.15, 0.2) is 10.3 Å². The van der Waals surface area contributed by atoms with Crippen LogP contribution in [0.25, 0.3) is 11.4 Å². The molecule has 0 aliphatic rings. The maximum absolute atomic E-state index is 12.5. The minimum absolute atomic E-state index is 0.0943. The van der Waals surface area contributed by atoms with Crippen LogP contribution in [0.1, 0.15) is 17.3 Å². The number of nitrogens with zero attached hydrogens (tertiary/aromatic N) is 2. The van der Waals surface area contributed by atoms with Crippen LogP contribution in [0.4, 0.5) is 0 Å². The fraction of sp³-hybridized carbons (Fsp3) is 0.105. The topological polar surface area (TPSA) is 56.4 Å².